The topological polar surface area (TPSA) is 107 Å². The minimum absolute atomic E-state index is 0.256. The molecule has 6 heteroatoms. The second kappa shape index (κ2) is 6.01. The highest BCUT2D eigenvalue weighted by Gasteiger charge is 2.28. The number of aliphatic hydroxyl groups is 4. The molecule has 78 valence electrons. The van der Waals surface area contributed by atoms with E-state index in [1.165, 1.54) is 7.11 Å². The van der Waals surface area contributed by atoms with Gasteiger partial charge in [-0.1, -0.05) is 0 Å². The van der Waals surface area contributed by atoms with Crippen LogP contribution in [0.15, 0.2) is 0 Å². The van der Waals surface area contributed by atoms with Gasteiger partial charge in [-0.2, -0.15) is 0 Å². The highest BCUT2D eigenvalue weighted by atomic mass is 16.5. The van der Waals surface area contributed by atoms with Crippen molar-refractivity contribution < 1.29 is 30.0 Å². The lowest BCUT2D eigenvalue weighted by molar-refractivity contribution is -0.145. The zero-order valence-corrected chi connectivity index (χ0v) is 7.25. The van der Waals surface area contributed by atoms with Crippen molar-refractivity contribution in [1.29, 1.82) is 0 Å². The predicted octanol–water partition coefficient (Wildman–Crippen LogP) is -2.72. The van der Waals surface area contributed by atoms with E-state index in [1.807, 2.05) is 0 Å². The molecular formula is C7H14O6. The molecule has 0 saturated carbocycles. The number of ether oxygens (including phenoxy) is 1. The summed E-state index contributed by atoms with van der Waals surface area (Å²) in [6.45, 7) is -0.999. The zero-order chi connectivity index (χ0) is 10.4. The number of carbonyl (C=O) groups is 1. The summed E-state index contributed by atoms with van der Waals surface area (Å²) in [7, 11) is 1.28. The van der Waals surface area contributed by atoms with Gasteiger partial charge in [0.1, 0.15) is 18.3 Å². The van der Waals surface area contributed by atoms with Crippen molar-refractivity contribution in [3.05, 3.63) is 0 Å². The van der Waals surface area contributed by atoms with Crippen LogP contribution in [-0.2, 0) is 9.53 Å². The molecule has 0 saturated heterocycles. The maximum atomic E-state index is 11.0. The molecule has 3 atom stereocenters. The van der Waals surface area contributed by atoms with Crippen LogP contribution >= 0.6 is 0 Å². The Kier molecular flexibility index (Phi) is 5.76. The van der Waals surface area contributed by atoms with Gasteiger partial charge in [0.25, 0.3) is 0 Å². The molecule has 0 spiro atoms. The maximum Gasteiger partial charge on any atom is 0.194 e. The first-order valence-electron chi connectivity index (χ1n) is 3.72. The summed E-state index contributed by atoms with van der Waals surface area (Å²) >= 11 is 0. The fourth-order valence-corrected chi connectivity index (χ4v) is 0.727. The highest BCUT2D eigenvalue weighted by Crippen LogP contribution is 1.99. The van der Waals surface area contributed by atoms with Crippen molar-refractivity contribution in [1.82, 2.24) is 0 Å². The first kappa shape index (κ1) is 12.5. The van der Waals surface area contributed by atoms with Gasteiger partial charge in [-0.3, -0.25) is 4.79 Å². The summed E-state index contributed by atoms with van der Waals surface area (Å²) in [6, 6.07) is 0. The number of ketones is 1. The smallest absolute Gasteiger partial charge is 0.194 e. The number of hydrogen-bond acceptors (Lipinski definition) is 6. The fourth-order valence-electron chi connectivity index (χ4n) is 0.727. The van der Waals surface area contributed by atoms with E-state index in [1.54, 1.807) is 0 Å². The van der Waals surface area contributed by atoms with Crippen molar-refractivity contribution in [2.24, 2.45) is 0 Å². The molecule has 13 heavy (non-hydrogen) atoms. The Morgan fingerprint density at radius 2 is 1.92 bits per heavy atom. The summed E-state index contributed by atoms with van der Waals surface area (Å²) in [6.07, 6.45) is -4.84. The van der Waals surface area contributed by atoms with E-state index >= 15 is 0 Å². The third-order valence-electron chi connectivity index (χ3n) is 1.50. The van der Waals surface area contributed by atoms with Crippen LogP contribution in [0.3, 0.4) is 0 Å². The van der Waals surface area contributed by atoms with Crippen LogP contribution in [0.4, 0.5) is 0 Å². The average Bonchev–Trinajstić information content (AvgIpc) is 2.14. The summed E-state index contributed by atoms with van der Waals surface area (Å²) in [5.41, 5.74) is 0. The monoisotopic (exact) mass is 194 g/mol. The maximum absolute atomic E-state index is 11.0. The second-order valence-electron chi connectivity index (χ2n) is 2.57. The van der Waals surface area contributed by atoms with E-state index in [0.29, 0.717) is 0 Å². The number of hydrogen-bond donors (Lipinski definition) is 4. The lowest BCUT2D eigenvalue weighted by Gasteiger charge is -2.17. The zero-order valence-electron chi connectivity index (χ0n) is 7.25. The molecule has 0 radical (unpaired) electrons. The largest absolute Gasteiger partial charge is 0.394 e. The molecule has 0 aliphatic carbocycles. The lowest BCUT2D eigenvalue weighted by atomic mass is 10.1. The summed E-state index contributed by atoms with van der Waals surface area (Å²) < 4.78 is 4.46. The minimum Gasteiger partial charge on any atom is -0.394 e. The second-order valence-corrected chi connectivity index (χ2v) is 2.57. The number of methoxy groups -OCH3 is 1. The quantitative estimate of drug-likeness (QED) is 0.366. The normalized spacial score (nSPS) is 17.9. The lowest BCUT2D eigenvalue weighted by Crippen LogP contribution is -2.43. The van der Waals surface area contributed by atoms with Crippen LogP contribution in [0.25, 0.3) is 0 Å². The Labute approximate surface area is 75.4 Å². The van der Waals surface area contributed by atoms with Crippen LogP contribution in [-0.4, -0.2) is 64.8 Å². The SMILES string of the molecule is COC[C@H](O)C(=O)[C@@H](O)[C@H](O)CO. The van der Waals surface area contributed by atoms with Gasteiger partial charge in [-0.05, 0) is 0 Å². The number of carbonyl (C=O) groups excluding carboxylic acids is 1. The molecule has 0 aliphatic heterocycles. The first-order chi connectivity index (χ1) is 6.04. The van der Waals surface area contributed by atoms with E-state index in [0.717, 1.165) is 0 Å². The first-order valence-corrected chi connectivity index (χ1v) is 3.72. The van der Waals surface area contributed by atoms with Crippen molar-refractivity contribution in [3.8, 4) is 0 Å². The predicted molar refractivity (Wildman–Crippen MR) is 42.0 cm³/mol. The van der Waals surface area contributed by atoms with Crippen LogP contribution < -0.4 is 0 Å². The third kappa shape index (κ3) is 3.79. The molecule has 0 bridgehead atoms. The van der Waals surface area contributed by atoms with Crippen molar-refractivity contribution in [2.45, 2.75) is 18.3 Å². The fraction of sp³-hybridized carbons (Fsp3) is 0.857. The summed E-state index contributed by atoms with van der Waals surface area (Å²) in [5.74, 6) is -0.969. The van der Waals surface area contributed by atoms with Crippen LogP contribution in [0.5, 0.6) is 0 Å². The van der Waals surface area contributed by atoms with Crippen LogP contribution in [0.1, 0.15) is 0 Å². The molecule has 6 nitrogen and oxygen atoms in total. The molecule has 0 unspecified atom stereocenters. The highest BCUT2D eigenvalue weighted by molar-refractivity contribution is 5.87. The van der Waals surface area contributed by atoms with Gasteiger partial charge >= 0.3 is 0 Å². The Hall–Kier alpha value is -0.530. The van der Waals surface area contributed by atoms with Crippen molar-refractivity contribution in [2.75, 3.05) is 20.3 Å². The Morgan fingerprint density at radius 3 is 2.31 bits per heavy atom. The van der Waals surface area contributed by atoms with Gasteiger partial charge in [-0.15, -0.1) is 0 Å². The van der Waals surface area contributed by atoms with Gasteiger partial charge in [0, 0.05) is 7.11 Å². The molecule has 0 aliphatic rings. The van der Waals surface area contributed by atoms with Gasteiger partial charge in [-0.25, -0.2) is 0 Å². The molecule has 0 aromatic carbocycles. The van der Waals surface area contributed by atoms with E-state index in [-0.39, 0.29) is 6.61 Å². The molecule has 0 rings (SSSR count). The molecule has 0 amide bonds. The standard InChI is InChI=1S/C7H14O6/c1-13-3-5(10)7(12)6(11)4(9)2-8/h4-6,8-11H,2-3H2,1H3/t4-,5+,6+/m1/s1. The van der Waals surface area contributed by atoms with E-state index < -0.39 is 30.7 Å². The summed E-state index contributed by atoms with van der Waals surface area (Å²) in [4.78, 5) is 11.0. The third-order valence-corrected chi connectivity index (χ3v) is 1.50. The Morgan fingerprint density at radius 1 is 1.38 bits per heavy atom. The van der Waals surface area contributed by atoms with Crippen LogP contribution in [0.2, 0.25) is 0 Å². The molecule has 0 aromatic rings. The van der Waals surface area contributed by atoms with Crippen LogP contribution in [0, 0.1) is 0 Å². The van der Waals surface area contributed by atoms with E-state index in [4.69, 9.17) is 20.4 Å². The van der Waals surface area contributed by atoms with Gasteiger partial charge in [0.2, 0.25) is 0 Å². The minimum atomic E-state index is -1.78. The Balaban J connectivity index is 4.08. The van der Waals surface area contributed by atoms with Crippen molar-refractivity contribution in [3.63, 3.8) is 0 Å². The number of Topliss-reactive ketones (excluding diaryl/α,β-unsaturated/α-hetero) is 1. The number of rotatable bonds is 6. The molecule has 0 aromatic heterocycles. The molecule has 4 N–H and O–H groups in total. The van der Waals surface area contributed by atoms with Gasteiger partial charge < -0.3 is 25.2 Å². The molecule has 0 heterocycles. The van der Waals surface area contributed by atoms with E-state index in [9.17, 15) is 4.79 Å². The molecular weight excluding hydrogens is 180 g/mol. The number of aliphatic hydroxyl groups excluding tert-OH is 4. The Bertz CT molecular complexity index is 159. The van der Waals surface area contributed by atoms with Gasteiger partial charge in [0.05, 0.1) is 13.2 Å². The average molecular weight is 194 g/mol. The molecule has 0 fully saturated rings. The van der Waals surface area contributed by atoms with Gasteiger partial charge in [0.15, 0.2) is 5.78 Å². The van der Waals surface area contributed by atoms with Crippen molar-refractivity contribution >= 4 is 5.78 Å². The van der Waals surface area contributed by atoms with E-state index in [2.05, 4.69) is 4.74 Å². The summed E-state index contributed by atoms with van der Waals surface area (Å²) in [5, 5.41) is 35.2.